The van der Waals surface area contributed by atoms with E-state index in [0.29, 0.717) is 19.6 Å². The third kappa shape index (κ3) is 11.1. The van der Waals surface area contributed by atoms with Gasteiger partial charge < -0.3 is 9.47 Å². The Morgan fingerprint density at radius 1 is 0.889 bits per heavy atom. The van der Waals surface area contributed by atoms with Crippen molar-refractivity contribution in [3.63, 3.8) is 0 Å². The second-order valence-corrected chi connectivity index (χ2v) is 8.32. The Labute approximate surface area is 164 Å². The molecule has 0 saturated heterocycles. The largest absolute Gasteiger partial charge is 0.466 e. The van der Waals surface area contributed by atoms with E-state index in [4.69, 9.17) is 9.47 Å². The van der Waals surface area contributed by atoms with Gasteiger partial charge in [0.1, 0.15) is 5.60 Å². The zero-order chi connectivity index (χ0) is 20.1. The van der Waals surface area contributed by atoms with Gasteiger partial charge in [-0.2, -0.15) is 10.2 Å². The molecule has 0 spiro atoms. The quantitative estimate of drug-likeness (QED) is 0.625. The highest BCUT2D eigenvalue weighted by Crippen LogP contribution is 2.21. The lowest BCUT2D eigenvalue weighted by atomic mass is 9.95. The van der Waals surface area contributed by atoms with Gasteiger partial charge in [0.2, 0.25) is 0 Å². The molecule has 6 heteroatoms. The standard InChI is InChI=1S/C21H38N2O4/c1-5-26-19(24)17-13-9-7-6-8-10-15-18(20(25)27-21(2,3)4)23-22-16-12-11-14-17/h17-18H,5-16H2,1-4H3. The van der Waals surface area contributed by atoms with Gasteiger partial charge in [-0.3, -0.25) is 4.79 Å². The topological polar surface area (TPSA) is 77.3 Å². The molecule has 0 saturated carbocycles. The smallest absolute Gasteiger partial charge is 0.333 e. The zero-order valence-corrected chi connectivity index (χ0v) is 17.7. The molecule has 0 aromatic rings. The average molecular weight is 383 g/mol. The molecule has 0 aromatic carbocycles. The van der Waals surface area contributed by atoms with Crippen LogP contribution >= 0.6 is 0 Å². The molecule has 0 fully saturated rings. The van der Waals surface area contributed by atoms with E-state index in [9.17, 15) is 9.59 Å². The minimum Gasteiger partial charge on any atom is -0.466 e. The molecule has 27 heavy (non-hydrogen) atoms. The first-order chi connectivity index (χ1) is 12.8. The Bertz CT molecular complexity index is 471. The van der Waals surface area contributed by atoms with Gasteiger partial charge in [-0.1, -0.05) is 38.5 Å². The Hall–Kier alpha value is -1.46. The number of ether oxygens (including phenoxy) is 2. The number of azo groups is 1. The third-order valence-corrected chi connectivity index (χ3v) is 4.61. The van der Waals surface area contributed by atoms with Crippen LogP contribution in [-0.2, 0) is 19.1 Å². The molecule has 6 nitrogen and oxygen atoms in total. The molecular weight excluding hydrogens is 344 g/mol. The Morgan fingerprint density at radius 3 is 2.11 bits per heavy atom. The summed E-state index contributed by atoms with van der Waals surface area (Å²) in [5, 5.41) is 8.49. The van der Waals surface area contributed by atoms with Gasteiger partial charge in [0.15, 0.2) is 6.04 Å². The van der Waals surface area contributed by atoms with E-state index in [2.05, 4.69) is 10.2 Å². The average Bonchev–Trinajstić information content (AvgIpc) is 2.58. The van der Waals surface area contributed by atoms with Crippen LogP contribution in [-0.4, -0.2) is 36.7 Å². The summed E-state index contributed by atoms with van der Waals surface area (Å²) in [5.74, 6) is -0.340. The number of nitrogens with zero attached hydrogens (tertiary/aromatic N) is 2. The zero-order valence-electron chi connectivity index (χ0n) is 17.7. The lowest BCUT2D eigenvalue weighted by molar-refractivity contribution is -0.156. The van der Waals surface area contributed by atoms with Gasteiger partial charge in [-0.25, -0.2) is 4.79 Å². The predicted octanol–water partition coefficient (Wildman–Crippen LogP) is 5.24. The summed E-state index contributed by atoms with van der Waals surface area (Å²) in [6.45, 7) is 8.48. The van der Waals surface area contributed by atoms with Crippen LogP contribution in [0.15, 0.2) is 10.2 Å². The summed E-state index contributed by atoms with van der Waals surface area (Å²) in [6, 6.07) is -0.498. The van der Waals surface area contributed by atoms with Gasteiger partial charge in [0.05, 0.1) is 19.1 Å². The normalized spacial score (nSPS) is 23.7. The van der Waals surface area contributed by atoms with Crippen LogP contribution in [0.3, 0.4) is 0 Å². The summed E-state index contributed by atoms with van der Waals surface area (Å²) in [6.07, 6.45) is 9.45. The van der Waals surface area contributed by atoms with Crippen LogP contribution < -0.4 is 0 Å². The van der Waals surface area contributed by atoms with E-state index in [0.717, 1.165) is 57.8 Å². The fourth-order valence-corrected chi connectivity index (χ4v) is 3.22. The van der Waals surface area contributed by atoms with Crippen LogP contribution in [0.1, 0.15) is 91.9 Å². The maximum Gasteiger partial charge on any atom is 0.333 e. The van der Waals surface area contributed by atoms with Gasteiger partial charge in [-0.05, 0) is 53.4 Å². The van der Waals surface area contributed by atoms with E-state index in [1.165, 1.54) is 0 Å². The lowest BCUT2D eigenvalue weighted by Crippen LogP contribution is -2.30. The number of hydrogen-bond donors (Lipinski definition) is 0. The van der Waals surface area contributed by atoms with E-state index < -0.39 is 11.6 Å². The molecule has 0 amide bonds. The molecule has 1 aliphatic heterocycles. The molecule has 0 bridgehead atoms. The molecular formula is C21H38N2O4. The molecule has 2 atom stereocenters. The first kappa shape index (κ1) is 23.6. The highest BCUT2D eigenvalue weighted by atomic mass is 16.6. The second-order valence-electron chi connectivity index (χ2n) is 8.32. The third-order valence-electron chi connectivity index (χ3n) is 4.61. The molecule has 2 unspecified atom stereocenters. The van der Waals surface area contributed by atoms with Crippen LogP contribution in [0.25, 0.3) is 0 Å². The van der Waals surface area contributed by atoms with E-state index in [1.807, 2.05) is 27.7 Å². The van der Waals surface area contributed by atoms with E-state index >= 15 is 0 Å². The fourth-order valence-electron chi connectivity index (χ4n) is 3.22. The summed E-state index contributed by atoms with van der Waals surface area (Å²) >= 11 is 0. The molecule has 0 aliphatic carbocycles. The molecule has 1 heterocycles. The Morgan fingerprint density at radius 2 is 1.48 bits per heavy atom. The van der Waals surface area contributed by atoms with Crippen molar-refractivity contribution in [1.82, 2.24) is 0 Å². The minimum absolute atomic E-state index is 0.00142. The number of carbonyl (C=O) groups is 2. The van der Waals surface area contributed by atoms with Crippen LogP contribution in [0, 0.1) is 5.92 Å². The Kier molecular flexibility index (Phi) is 11.2. The van der Waals surface area contributed by atoms with Crippen molar-refractivity contribution in [2.75, 3.05) is 13.2 Å². The van der Waals surface area contributed by atoms with Crippen LogP contribution in [0.2, 0.25) is 0 Å². The first-order valence-corrected chi connectivity index (χ1v) is 10.6. The molecule has 1 rings (SSSR count). The Balaban J connectivity index is 2.62. The molecule has 1 aliphatic rings. The fraction of sp³-hybridized carbons (Fsp3) is 0.905. The maximum atomic E-state index is 12.4. The van der Waals surface area contributed by atoms with Crippen molar-refractivity contribution in [3.8, 4) is 0 Å². The van der Waals surface area contributed by atoms with Crippen molar-refractivity contribution >= 4 is 11.9 Å². The highest BCUT2D eigenvalue weighted by molar-refractivity contribution is 5.76. The molecule has 156 valence electrons. The molecule has 0 radical (unpaired) electrons. The van der Waals surface area contributed by atoms with Gasteiger partial charge in [0.25, 0.3) is 0 Å². The number of carbonyl (C=O) groups excluding carboxylic acids is 2. The summed E-state index contributed by atoms with van der Waals surface area (Å²) < 4.78 is 10.7. The van der Waals surface area contributed by atoms with Gasteiger partial charge in [-0.15, -0.1) is 0 Å². The van der Waals surface area contributed by atoms with Crippen molar-refractivity contribution < 1.29 is 19.1 Å². The summed E-state index contributed by atoms with van der Waals surface area (Å²) in [4.78, 5) is 24.5. The first-order valence-electron chi connectivity index (χ1n) is 10.6. The monoisotopic (exact) mass is 382 g/mol. The predicted molar refractivity (Wildman–Crippen MR) is 106 cm³/mol. The van der Waals surface area contributed by atoms with Crippen molar-refractivity contribution in [3.05, 3.63) is 0 Å². The van der Waals surface area contributed by atoms with Crippen molar-refractivity contribution in [1.29, 1.82) is 0 Å². The lowest BCUT2D eigenvalue weighted by Gasteiger charge is -2.21. The van der Waals surface area contributed by atoms with E-state index in [-0.39, 0.29) is 17.9 Å². The van der Waals surface area contributed by atoms with E-state index in [1.54, 1.807) is 0 Å². The minimum atomic E-state index is -0.508. The number of rotatable bonds is 3. The summed E-state index contributed by atoms with van der Waals surface area (Å²) in [7, 11) is 0. The summed E-state index contributed by atoms with van der Waals surface area (Å²) in [5.41, 5.74) is -0.508. The van der Waals surface area contributed by atoms with Crippen LogP contribution in [0.4, 0.5) is 0 Å². The second kappa shape index (κ2) is 12.8. The number of hydrogen-bond acceptors (Lipinski definition) is 6. The molecule has 0 aromatic heterocycles. The SMILES string of the molecule is CCOC(=O)C1CCCCCCCC(C(=O)OC(C)(C)C)N=NCCCC1. The van der Waals surface area contributed by atoms with Crippen molar-refractivity contribution in [2.24, 2.45) is 16.1 Å². The maximum absolute atomic E-state index is 12.4. The van der Waals surface area contributed by atoms with Gasteiger partial charge in [0, 0.05) is 0 Å². The highest BCUT2D eigenvalue weighted by Gasteiger charge is 2.25. The van der Waals surface area contributed by atoms with Crippen LogP contribution in [0.5, 0.6) is 0 Å². The number of esters is 2. The van der Waals surface area contributed by atoms with Gasteiger partial charge >= 0.3 is 11.9 Å². The van der Waals surface area contributed by atoms with Crippen molar-refractivity contribution in [2.45, 2.75) is 104 Å². The molecule has 0 N–H and O–H groups in total.